The Labute approximate surface area is 93.1 Å². The molecule has 1 aromatic rings. The third kappa shape index (κ3) is 4.45. The van der Waals surface area contributed by atoms with Gasteiger partial charge in [-0.15, -0.1) is 0 Å². The predicted octanol–water partition coefficient (Wildman–Crippen LogP) is 2.25. The molecule has 84 valence electrons. The molecule has 15 heavy (non-hydrogen) atoms. The van der Waals surface area contributed by atoms with Gasteiger partial charge in [0.15, 0.2) is 0 Å². The summed E-state index contributed by atoms with van der Waals surface area (Å²) in [6.07, 6.45) is 1.01. The molecule has 0 fully saturated rings. The summed E-state index contributed by atoms with van der Waals surface area (Å²) in [5, 5.41) is 0. The highest BCUT2D eigenvalue weighted by Gasteiger charge is 2.17. The molecule has 2 heteroatoms. The van der Waals surface area contributed by atoms with E-state index in [1.807, 2.05) is 6.07 Å². The monoisotopic (exact) mass is 206 g/mol. The Morgan fingerprint density at radius 2 is 1.87 bits per heavy atom. The number of nitrogens with two attached hydrogens (primary N) is 1. The summed E-state index contributed by atoms with van der Waals surface area (Å²) in [5.41, 5.74) is 7.39. The quantitative estimate of drug-likeness (QED) is 0.800. The first-order chi connectivity index (χ1) is 7.03. The smallest absolute Gasteiger partial charge is 0.0252 e. The van der Waals surface area contributed by atoms with E-state index in [4.69, 9.17) is 5.73 Å². The molecule has 1 atom stereocenters. The Balaban J connectivity index is 2.46. The second kappa shape index (κ2) is 5.29. The van der Waals surface area contributed by atoms with E-state index < -0.39 is 0 Å². The van der Waals surface area contributed by atoms with Crippen LogP contribution in [0.25, 0.3) is 0 Å². The van der Waals surface area contributed by atoms with Crippen LogP contribution in [0.4, 0.5) is 0 Å². The molecule has 0 aliphatic rings. The number of nitrogens with zero attached hydrogens (tertiary/aromatic N) is 1. The van der Waals surface area contributed by atoms with Crippen molar-refractivity contribution in [1.29, 1.82) is 0 Å². The van der Waals surface area contributed by atoms with Crippen LogP contribution in [0.3, 0.4) is 0 Å². The number of hydrogen-bond donors (Lipinski definition) is 1. The molecule has 1 unspecified atom stereocenters. The van der Waals surface area contributed by atoms with E-state index in [1.165, 1.54) is 5.56 Å². The Kier molecular flexibility index (Phi) is 4.30. The predicted molar refractivity (Wildman–Crippen MR) is 65.7 cm³/mol. The van der Waals surface area contributed by atoms with Crippen LogP contribution in [0.1, 0.15) is 25.8 Å². The average molecular weight is 206 g/mol. The summed E-state index contributed by atoms with van der Waals surface area (Å²) in [5.74, 6) is 0. The summed E-state index contributed by atoms with van der Waals surface area (Å²) in [4.78, 5) is 2.28. The molecule has 0 aromatic heterocycles. The lowest BCUT2D eigenvalue weighted by Gasteiger charge is -2.29. The lowest BCUT2D eigenvalue weighted by molar-refractivity contribution is 0.246. The molecule has 0 spiro atoms. The highest BCUT2D eigenvalue weighted by Crippen LogP contribution is 2.09. The van der Waals surface area contributed by atoms with Crippen LogP contribution in [0.15, 0.2) is 30.3 Å². The average Bonchev–Trinajstić information content (AvgIpc) is 2.18. The molecule has 0 aliphatic heterocycles. The number of likely N-dealkylation sites (N-methyl/N-ethyl adjacent to an activating group) is 1. The summed E-state index contributed by atoms with van der Waals surface area (Å²) in [6.45, 7) is 6.14. The summed E-state index contributed by atoms with van der Waals surface area (Å²) < 4.78 is 0. The fourth-order valence-electron chi connectivity index (χ4n) is 1.68. The maximum absolute atomic E-state index is 6.13. The van der Waals surface area contributed by atoms with Crippen LogP contribution in [0, 0.1) is 0 Å². The lowest BCUT2D eigenvalue weighted by atomic mass is 10.00. The third-order valence-corrected chi connectivity index (χ3v) is 2.73. The highest BCUT2D eigenvalue weighted by atomic mass is 15.1. The molecule has 0 amide bonds. The zero-order valence-corrected chi connectivity index (χ0v) is 10.0. The molecule has 0 aliphatic carbocycles. The van der Waals surface area contributed by atoms with E-state index >= 15 is 0 Å². The van der Waals surface area contributed by atoms with Crippen molar-refractivity contribution in [2.45, 2.75) is 32.4 Å². The van der Waals surface area contributed by atoms with Gasteiger partial charge in [0.1, 0.15) is 0 Å². The van der Waals surface area contributed by atoms with Crippen LogP contribution in [-0.2, 0) is 6.54 Å². The maximum atomic E-state index is 6.13. The first-order valence-electron chi connectivity index (χ1n) is 5.55. The third-order valence-electron chi connectivity index (χ3n) is 2.73. The highest BCUT2D eigenvalue weighted by molar-refractivity contribution is 5.14. The molecule has 2 nitrogen and oxygen atoms in total. The van der Waals surface area contributed by atoms with E-state index in [9.17, 15) is 0 Å². The molecule has 1 rings (SSSR count). The molecule has 0 heterocycles. The molecule has 0 saturated heterocycles. The lowest BCUT2D eigenvalue weighted by Crippen LogP contribution is -2.45. The van der Waals surface area contributed by atoms with Crippen molar-refractivity contribution in [3.05, 3.63) is 35.9 Å². The summed E-state index contributed by atoms with van der Waals surface area (Å²) >= 11 is 0. The molecule has 1 aromatic carbocycles. The van der Waals surface area contributed by atoms with Crippen molar-refractivity contribution in [2.75, 3.05) is 13.6 Å². The maximum Gasteiger partial charge on any atom is 0.0252 e. The van der Waals surface area contributed by atoms with E-state index in [-0.39, 0.29) is 5.54 Å². The molecule has 0 radical (unpaired) electrons. The van der Waals surface area contributed by atoms with Crippen LogP contribution in [0.5, 0.6) is 0 Å². The normalized spacial score (nSPS) is 15.3. The van der Waals surface area contributed by atoms with Crippen molar-refractivity contribution in [3.8, 4) is 0 Å². The van der Waals surface area contributed by atoms with Crippen molar-refractivity contribution in [1.82, 2.24) is 4.90 Å². The van der Waals surface area contributed by atoms with Crippen LogP contribution >= 0.6 is 0 Å². The molecular weight excluding hydrogens is 184 g/mol. The minimum absolute atomic E-state index is 0.0798. The largest absolute Gasteiger partial charge is 0.324 e. The molecular formula is C13H22N2. The van der Waals surface area contributed by atoms with Gasteiger partial charge in [-0.2, -0.15) is 0 Å². The van der Waals surface area contributed by atoms with Crippen molar-refractivity contribution >= 4 is 0 Å². The summed E-state index contributed by atoms with van der Waals surface area (Å²) in [7, 11) is 2.12. The van der Waals surface area contributed by atoms with Gasteiger partial charge in [-0.05, 0) is 26.0 Å². The van der Waals surface area contributed by atoms with Gasteiger partial charge >= 0.3 is 0 Å². The van der Waals surface area contributed by atoms with Crippen molar-refractivity contribution < 1.29 is 0 Å². The van der Waals surface area contributed by atoms with E-state index in [0.717, 1.165) is 19.5 Å². The van der Waals surface area contributed by atoms with Crippen molar-refractivity contribution in [3.63, 3.8) is 0 Å². The zero-order chi connectivity index (χ0) is 11.3. The van der Waals surface area contributed by atoms with Gasteiger partial charge < -0.3 is 10.6 Å². The zero-order valence-electron chi connectivity index (χ0n) is 10.0. The number of rotatable bonds is 5. The Morgan fingerprint density at radius 1 is 1.27 bits per heavy atom. The first kappa shape index (κ1) is 12.2. The van der Waals surface area contributed by atoms with Crippen molar-refractivity contribution in [2.24, 2.45) is 5.73 Å². The second-order valence-corrected chi connectivity index (χ2v) is 4.67. The van der Waals surface area contributed by atoms with Gasteiger partial charge in [-0.1, -0.05) is 37.3 Å². The van der Waals surface area contributed by atoms with Crippen LogP contribution < -0.4 is 5.73 Å². The SMILES string of the molecule is CCC(C)(N)CN(C)Cc1ccccc1. The Hall–Kier alpha value is -0.860. The first-order valence-corrected chi connectivity index (χ1v) is 5.55. The Bertz CT molecular complexity index is 280. The van der Waals surface area contributed by atoms with Gasteiger partial charge in [0.2, 0.25) is 0 Å². The molecule has 0 bridgehead atoms. The standard InChI is InChI=1S/C13H22N2/c1-4-13(2,14)11-15(3)10-12-8-6-5-7-9-12/h5-9H,4,10-11,14H2,1-3H3. The van der Waals surface area contributed by atoms with Gasteiger partial charge in [0.05, 0.1) is 0 Å². The van der Waals surface area contributed by atoms with Gasteiger partial charge in [0.25, 0.3) is 0 Å². The number of benzene rings is 1. The fourth-order valence-corrected chi connectivity index (χ4v) is 1.68. The van der Waals surface area contributed by atoms with E-state index in [2.05, 4.69) is 50.1 Å². The molecule has 0 saturated carbocycles. The molecule has 2 N–H and O–H groups in total. The summed E-state index contributed by atoms with van der Waals surface area (Å²) in [6, 6.07) is 10.5. The van der Waals surface area contributed by atoms with Gasteiger partial charge in [-0.25, -0.2) is 0 Å². The minimum atomic E-state index is -0.0798. The number of hydrogen-bond acceptors (Lipinski definition) is 2. The fraction of sp³-hybridized carbons (Fsp3) is 0.538. The van der Waals surface area contributed by atoms with E-state index in [1.54, 1.807) is 0 Å². The van der Waals surface area contributed by atoms with Gasteiger partial charge in [-0.3, -0.25) is 0 Å². The minimum Gasteiger partial charge on any atom is -0.324 e. The Morgan fingerprint density at radius 3 is 2.40 bits per heavy atom. The second-order valence-electron chi connectivity index (χ2n) is 4.67. The van der Waals surface area contributed by atoms with Crippen LogP contribution in [-0.4, -0.2) is 24.0 Å². The van der Waals surface area contributed by atoms with E-state index in [0.29, 0.717) is 0 Å². The topological polar surface area (TPSA) is 29.3 Å². The van der Waals surface area contributed by atoms with Gasteiger partial charge in [0, 0.05) is 18.6 Å². The van der Waals surface area contributed by atoms with Crippen LogP contribution in [0.2, 0.25) is 0 Å².